The second-order valence-corrected chi connectivity index (χ2v) is 9.72. The van der Waals surface area contributed by atoms with Crippen molar-refractivity contribution in [3.63, 3.8) is 0 Å². The molecule has 6 rings (SSSR count). The van der Waals surface area contributed by atoms with E-state index in [-0.39, 0.29) is 0 Å². The van der Waals surface area contributed by atoms with Crippen LogP contribution in [0.2, 0.25) is 5.02 Å². The highest BCUT2D eigenvalue weighted by Crippen LogP contribution is 2.40. The fourth-order valence-corrected chi connectivity index (χ4v) is 5.19. The minimum absolute atomic E-state index is 0.333. The standard InChI is InChI=1S/C28H28ClFN6O2/c1-18-25(22-4-2-3-7-31-22)34-27-20(29)5-6-21(30)24(27)26(18)33-23-16-19(35-8-12-37-13-9-35)17-32-28(23)36-10-14-38-15-11-36/h2-7,16-17H,8-15H2,1H3,(H,33,34). The SMILES string of the molecule is Cc1c(-c2ccccn2)nc2c(Cl)ccc(F)c2c1Nc1cc(N2CCOCC2)cnc1N1CCOCC1. The van der Waals surface area contributed by atoms with Crippen LogP contribution in [0.1, 0.15) is 5.56 Å². The Morgan fingerprint density at radius 2 is 1.68 bits per heavy atom. The molecule has 2 aliphatic rings. The number of nitrogens with zero attached hydrogens (tertiary/aromatic N) is 5. The molecule has 0 aliphatic carbocycles. The normalized spacial score (nSPS) is 16.2. The average Bonchev–Trinajstić information content (AvgIpc) is 2.97. The van der Waals surface area contributed by atoms with Gasteiger partial charge in [-0.25, -0.2) is 14.4 Å². The molecular weight excluding hydrogens is 507 g/mol. The summed E-state index contributed by atoms with van der Waals surface area (Å²) in [5, 5.41) is 4.27. The molecular formula is C28H28ClFN6O2. The largest absolute Gasteiger partial charge is 0.378 e. The molecule has 0 radical (unpaired) electrons. The summed E-state index contributed by atoms with van der Waals surface area (Å²) in [4.78, 5) is 18.6. The molecule has 38 heavy (non-hydrogen) atoms. The van der Waals surface area contributed by atoms with E-state index in [1.54, 1.807) is 6.20 Å². The maximum atomic E-state index is 15.4. The second-order valence-electron chi connectivity index (χ2n) is 9.32. The first-order valence-electron chi connectivity index (χ1n) is 12.7. The molecule has 8 nitrogen and oxygen atoms in total. The number of benzene rings is 1. The van der Waals surface area contributed by atoms with Crippen molar-refractivity contribution >= 4 is 45.4 Å². The fourth-order valence-electron chi connectivity index (χ4n) is 4.99. The lowest BCUT2D eigenvalue weighted by Crippen LogP contribution is -2.38. The maximum Gasteiger partial charge on any atom is 0.152 e. The summed E-state index contributed by atoms with van der Waals surface area (Å²) in [7, 11) is 0. The van der Waals surface area contributed by atoms with E-state index >= 15 is 4.39 Å². The van der Waals surface area contributed by atoms with Crippen LogP contribution in [0.25, 0.3) is 22.3 Å². The third-order valence-corrected chi connectivity index (χ3v) is 7.29. The van der Waals surface area contributed by atoms with E-state index in [1.807, 2.05) is 31.3 Å². The van der Waals surface area contributed by atoms with Crippen molar-refractivity contribution < 1.29 is 13.9 Å². The van der Waals surface area contributed by atoms with Crippen LogP contribution in [0.5, 0.6) is 0 Å². The molecule has 10 heteroatoms. The molecule has 1 aromatic carbocycles. The van der Waals surface area contributed by atoms with Gasteiger partial charge in [0.05, 0.1) is 77.0 Å². The van der Waals surface area contributed by atoms with Gasteiger partial charge < -0.3 is 24.6 Å². The van der Waals surface area contributed by atoms with Crippen LogP contribution in [0.15, 0.2) is 48.8 Å². The number of halogens is 2. The summed E-state index contributed by atoms with van der Waals surface area (Å²) >= 11 is 6.57. The Labute approximate surface area is 225 Å². The lowest BCUT2D eigenvalue weighted by Gasteiger charge is -2.32. The quantitative estimate of drug-likeness (QED) is 0.374. The highest BCUT2D eigenvalue weighted by Gasteiger charge is 2.23. The van der Waals surface area contributed by atoms with Gasteiger partial charge in [0.25, 0.3) is 0 Å². The van der Waals surface area contributed by atoms with Crippen molar-refractivity contribution in [2.45, 2.75) is 6.92 Å². The summed E-state index contributed by atoms with van der Waals surface area (Å²) in [6.07, 6.45) is 3.61. The lowest BCUT2D eigenvalue weighted by molar-refractivity contribution is 0.122. The molecule has 0 bridgehead atoms. The Kier molecular flexibility index (Phi) is 6.97. The van der Waals surface area contributed by atoms with E-state index < -0.39 is 5.82 Å². The van der Waals surface area contributed by atoms with Gasteiger partial charge in [-0.1, -0.05) is 17.7 Å². The van der Waals surface area contributed by atoms with Crippen LogP contribution in [-0.2, 0) is 9.47 Å². The van der Waals surface area contributed by atoms with Gasteiger partial charge in [-0.15, -0.1) is 0 Å². The number of ether oxygens (including phenoxy) is 2. The first-order chi connectivity index (χ1) is 18.6. The zero-order chi connectivity index (χ0) is 26.1. The molecule has 4 aromatic rings. The highest BCUT2D eigenvalue weighted by molar-refractivity contribution is 6.35. The smallest absolute Gasteiger partial charge is 0.152 e. The van der Waals surface area contributed by atoms with Crippen LogP contribution in [-0.4, -0.2) is 67.6 Å². The van der Waals surface area contributed by atoms with E-state index in [4.69, 9.17) is 31.0 Å². The van der Waals surface area contributed by atoms with Crippen molar-refractivity contribution in [1.82, 2.24) is 15.0 Å². The minimum atomic E-state index is -0.403. The molecule has 0 atom stereocenters. The van der Waals surface area contributed by atoms with E-state index in [1.165, 1.54) is 12.1 Å². The lowest BCUT2D eigenvalue weighted by atomic mass is 10.0. The van der Waals surface area contributed by atoms with Crippen molar-refractivity contribution in [3.05, 3.63) is 65.2 Å². The fraction of sp³-hybridized carbons (Fsp3) is 0.321. The zero-order valence-corrected chi connectivity index (χ0v) is 21.8. The topological polar surface area (TPSA) is 75.6 Å². The first kappa shape index (κ1) is 24.8. The number of aromatic nitrogens is 3. The van der Waals surface area contributed by atoms with Gasteiger partial charge in [0.15, 0.2) is 5.82 Å². The molecule has 1 N–H and O–H groups in total. The van der Waals surface area contributed by atoms with E-state index in [0.29, 0.717) is 72.5 Å². The summed E-state index contributed by atoms with van der Waals surface area (Å²) in [6, 6.07) is 10.6. The molecule has 2 aliphatic heterocycles. The molecule has 0 amide bonds. The molecule has 3 aromatic heterocycles. The Bertz CT molecular complexity index is 1460. The van der Waals surface area contributed by atoms with Gasteiger partial charge >= 0.3 is 0 Å². The first-order valence-corrected chi connectivity index (χ1v) is 13.1. The van der Waals surface area contributed by atoms with Gasteiger partial charge in [0.1, 0.15) is 5.82 Å². The zero-order valence-electron chi connectivity index (χ0n) is 21.1. The van der Waals surface area contributed by atoms with Crippen LogP contribution < -0.4 is 15.1 Å². The van der Waals surface area contributed by atoms with Crippen molar-refractivity contribution in [3.8, 4) is 11.4 Å². The maximum absolute atomic E-state index is 15.4. The van der Waals surface area contributed by atoms with Crippen molar-refractivity contribution in [2.75, 3.05) is 67.7 Å². The Morgan fingerprint density at radius 1 is 0.947 bits per heavy atom. The summed E-state index contributed by atoms with van der Waals surface area (Å²) in [6.45, 7) is 7.50. The Balaban J connectivity index is 1.53. The van der Waals surface area contributed by atoms with Gasteiger partial charge in [-0.05, 0) is 37.3 Å². The van der Waals surface area contributed by atoms with Crippen LogP contribution in [0.3, 0.4) is 0 Å². The predicted molar refractivity (Wildman–Crippen MR) is 148 cm³/mol. The van der Waals surface area contributed by atoms with E-state index in [0.717, 1.165) is 35.8 Å². The second kappa shape index (κ2) is 10.7. The Morgan fingerprint density at radius 3 is 2.39 bits per heavy atom. The Hall–Kier alpha value is -3.53. The highest BCUT2D eigenvalue weighted by atomic mass is 35.5. The van der Waals surface area contributed by atoms with Crippen molar-refractivity contribution in [1.29, 1.82) is 0 Å². The number of nitrogens with one attached hydrogen (secondary N) is 1. The van der Waals surface area contributed by atoms with Crippen LogP contribution in [0.4, 0.5) is 27.3 Å². The third-order valence-electron chi connectivity index (χ3n) is 6.99. The number of hydrogen-bond donors (Lipinski definition) is 1. The monoisotopic (exact) mass is 534 g/mol. The summed E-state index contributed by atoms with van der Waals surface area (Å²) < 4.78 is 26.6. The van der Waals surface area contributed by atoms with Gasteiger partial charge in [-0.3, -0.25) is 4.98 Å². The van der Waals surface area contributed by atoms with E-state index in [2.05, 4.69) is 26.2 Å². The molecule has 5 heterocycles. The molecule has 2 fully saturated rings. The number of anilines is 4. The van der Waals surface area contributed by atoms with Gasteiger partial charge in [0.2, 0.25) is 0 Å². The minimum Gasteiger partial charge on any atom is -0.378 e. The summed E-state index contributed by atoms with van der Waals surface area (Å²) in [5.41, 5.74) is 4.81. The van der Waals surface area contributed by atoms with Gasteiger partial charge in [-0.2, -0.15) is 0 Å². The molecule has 196 valence electrons. The number of rotatable bonds is 5. The van der Waals surface area contributed by atoms with Crippen molar-refractivity contribution in [2.24, 2.45) is 0 Å². The van der Waals surface area contributed by atoms with Crippen LogP contribution in [0, 0.1) is 12.7 Å². The predicted octanol–water partition coefficient (Wildman–Crippen LogP) is 5.21. The van der Waals surface area contributed by atoms with E-state index in [9.17, 15) is 0 Å². The number of hydrogen-bond acceptors (Lipinski definition) is 8. The molecule has 0 spiro atoms. The molecule has 2 saturated heterocycles. The molecule has 0 unspecified atom stereocenters. The summed E-state index contributed by atoms with van der Waals surface area (Å²) in [5.74, 6) is 0.386. The molecule has 0 saturated carbocycles. The number of morpholine rings is 2. The average molecular weight is 535 g/mol. The van der Waals surface area contributed by atoms with Gasteiger partial charge in [0, 0.05) is 37.9 Å². The third kappa shape index (κ3) is 4.73. The number of pyridine rings is 3. The van der Waals surface area contributed by atoms with Crippen LogP contribution >= 0.6 is 11.6 Å². The number of fused-ring (bicyclic) bond motifs is 1.